The van der Waals surface area contributed by atoms with Crippen molar-refractivity contribution in [3.05, 3.63) is 0 Å². The molecule has 0 aromatic rings. The second kappa shape index (κ2) is 12.7. The van der Waals surface area contributed by atoms with Gasteiger partial charge in [0.15, 0.2) is 5.60 Å². The summed E-state index contributed by atoms with van der Waals surface area (Å²) in [5, 5.41) is 53.5. The van der Waals surface area contributed by atoms with E-state index in [9.17, 15) is 33.9 Å². The summed E-state index contributed by atoms with van der Waals surface area (Å²) in [4.78, 5) is 66.0. The van der Waals surface area contributed by atoms with Gasteiger partial charge in [-0.05, 0) is 0 Å². The molecule has 0 aliphatic carbocycles. The number of aliphatic hydroxyl groups is 1. The molecule has 1 atom stereocenters. The minimum atomic E-state index is -3.17. The third kappa shape index (κ3) is 10.4. The van der Waals surface area contributed by atoms with Crippen molar-refractivity contribution in [1.29, 1.82) is 0 Å². The first-order valence-electron chi connectivity index (χ1n) is 6.30. The molecule has 0 aliphatic heterocycles. The fraction of sp³-hybridized carbons (Fsp3) is 0.500. The van der Waals surface area contributed by atoms with Gasteiger partial charge in [-0.1, -0.05) is 0 Å². The second-order valence-electron chi connectivity index (χ2n) is 5.00. The van der Waals surface area contributed by atoms with Gasteiger partial charge in [0.1, 0.15) is 0 Å². The molecule has 0 heterocycles. The topological polar surface area (TPSA) is 233 Å². The Balaban J connectivity index is -0.00000288. The van der Waals surface area contributed by atoms with Crippen molar-refractivity contribution in [2.24, 2.45) is 0 Å². The van der Waals surface area contributed by atoms with Gasteiger partial charge in [-0.25, -0.2) is 9.59 Å². The van der Waals surface area contributed by atoms with Gasteiger partial charge in [-0.15, -0.1) is 0 Å². The van der Waals surface area contributed by atoms with E-state index in [0.29, 0.717) is 0 Å². The van der Waals surface area contributed by atoms with E-state index in [1.807, 2.05) is 0 Å². The summed E-state index contributed by atoms with van der Waals surface area (Å²) in [5.41, 5.74) is -6.24. The maximum absolute atomic E-state index is 11.7. The number of ether oxygens (including phenoxy) is 1. The van der Waals surface area contributed by atoms with Crippen LogP contribution in [0, 0.1) is 0 Å². The van der Waals surface area contributed by atoms with E-state index >= 15 is 0 Å². The van der Waals surface area contributed by atoms with Gasteiger partial charge in [0, 0.05) is 0 Å². The zero-order valence-corrected chi connectivity index (χ0v) is 12.4. The Bertz CT molecular complexity index is 600. The molecule has 0 amide bonds. The van der Waals surface area contributed by atoms with Gasteiger partial charge in [0.2, 0.25) is 5.60 Å². The number of rotatable bonds is 11. The molecule has 27 heavy (non-hydrogen) atoms. The molecule has 13 nitrogen and oxygen atoms in total. The van der Waals surface area contributed by atoms with Crippen LogP contribution in [0.5, 0.6) is 0 Å². The van der Waals surface area contributed by atoms with Crippen LogP contribution in [0.1, 0.15) is 25.7 Å². The number of carboxylic acid groups (broad SMARTS) is 5. The van der Waals surface area contributed by atoms with Crippen molar-refractivity contribution in [3.8, 4) is 0 Å². The van der Waals surface area contributed by atoms with Crippen molar-refractivity contribution in [2.45, 2.75) is 36.9 Å². The number of esters is 1. The Kier molecular flexibility index (Phi) is 14.6. The number of aliphatic carboxylic acids is 5. The molecule has 6 N–H and O–H groups in total. The maximum atomic E-state index is 11.7. The van der Waals surface area contributed by atoms with Gasteiger partial charge < -0.3 is 35.4 Å². The summed E-state index contributed by atoms with van der Waals surface area (Å²) in [7, 11) is 0. The SMILES string of the molecule is O=C(O)CC(O)(CC(=O)OC(CC(=O)O)(CC(=O)O)C(=O)O)C(=O)O.[CaH2].[CaH2]. The summed E-state index contributed by atoms with van der Waals surface area (Å²) >= 11 is 0. The normalized spacial score (nSPS) is 12.3. The van der Waals surface area contributed by atoms with Crippen molar-refractivity contribution >= 4 is 111 Å². The Hall–Kier alpha value is -0.701. The van der Waals surface area contributed by atoms with Crippen LogP contribution in [0.2, 0.25) is 0 Å². The van der Waals surface area contributed by atoms with Crippen molar-refractivity contribution < 1.29 is 64.1 Å². The van der Waals surface area contributed by atoms with E-state index in [-0.39, 0.29) is 75.5 Å². The summed E-state index contributed by atoms with van der Waals surface area (Å²) in [6, 6.07) is 0. The molecule has 0 saturated heterocycles. The van der Waals surface area contributed by atoms with Crippen molar-refractivity contribution in [1.82, 2.24) is 0 Å². The molecular weight excluding hydrogens is 432 g/mol. The number of carboxylic acids is 5. The van der Waals surface area contributed by atoms with Gasteiger partial charge in [0.05, 0.1) is 25.7 Å². The number of hydrogen-bond acceptors (Lipinski definition) is 8. The van der Waals surface area contributed by atoms with Crippen LogP contribution in [0.3, 0.4) is 0 Å². The first-order chi connectivity index (χ1) is 11.2. The molecule has 0 aliphatic rings. The van der Waals surface area contributed by atoms with Crippen LogP contribution in [0.15, 0.2) is 0 Å². The van der Waals surface area contributed by atoms with Gasteiger partial charge in [0.25, 0.3) is 0 Å². The predicted octanol–water partition coefficient (Wildman–Crippen LogP) is -3.85. The molecule has 0 aromatic carbocycles. The molecule has 15 heteroatoms. The van der Waals surface area contributed by atoms with Gasteiger partial charge in [-0.3, -0.25) is 19.2 Å². The zero-order chi connectivity index (χ0) is 20.0. The number of carbonyl (C=O) groups excluding carboxylic acids is 1. The average molecular weight is 450 g/mol. The van der Waals surface area contributed by atoms with E-state index in [0.717, 1.165) is 0 Å². The summed E-state index contributed by atoms with van der Waals surface area (Å²) in [6.07, 6.45) is -5.94. The van der Waals surface area contributed by atoms with E-state index in [1.54, 1.807) is 0 Å². The third-order valence-corrected chi connectivity index (χ3v) is 2.85. The Morgan fingerprint density at radius 3 is 1.26 bits per heavy atom. The fourth-order valence-electron chi connectivity index (χ4n) is 1.77. The monoisotopic (exact) mass is 450 g/mol. The summed E-state index contributed by atoms with van der Waals surface area (Å²) < 4.78 is 4.33. The number of hydrogen-bond donors (Lipinski definition) is 6. The third-order valence-electron chi connectivity index (χ3n) is 2.85. The van der Waals surface area contributed by atoms with E-state index in [1.165, 1.54) is 0 Å². The molecule has 0 spiro atoms. The zero-order valence-electron chi connectivity index (χ0n) is 12.4. The van der Waals surface area contributed by atoms with Crippen LogP contribution in [0.4, 0.5) is 0 Å². The molecule has 0 saturated carbocycles. The first-order valence-corrected chi connectivity index (χ1v) is 6.30. The van der Waals surface area contributed by atoms with Crippen LogP contribution < -0.4 is 0 Å². The van der Waals surface area contributed by atoms with Crippen molar-refractivity contribution in [2.75, 3.05) is 0 Å². The Morgan fingerprint density at radius 1 is 0.630 bits per heavy atom. The minimum absolute atomic E-state index is 0. The standard InChI is InChI=1S/C12H14O13.2Ca.4H/c13-5(14)1-11(24,9(20)21)4-8(19)25-12(10(22)23,2-6(15)16)3-7(17)18;;;;;;/h24H,1-4H2,(H,13,14)(H,15,16)(H,17,18)(H,20,21)(H,22,23);;;;;;. The molecule has 1 unspecified atom stereocenters. The summed E-state index contributed by atoms with van der Waals surface area (Å²) in [6.45, 7) is 0. The fourth-order valence-corrected chi connectivity index (χ4v) is 1.77. The van der Waals surface area contributed by atoms with Gasteiger partial charge in [-0.2, -0.15) is 0 Å². The summed E-state index contributed by atoms with van der Waals surface area (Å²) in [5.74, 6) is -11.6. The Morgan fingerprint density at radius 2 is 1.00 bits per heavy atom. The van der Waals surface area contributed by atoms with Crippen LogP contribution in [-0.4, -0.2) is 153 Å². The number of carbonyl (C=O) groups is 6. The molecule has 0 rings (SSSR count). The molecule has 0 bridgehead atoms. The van der Waals surface area contributed by atoms with Crippen LogP contribution >= 0.6 is 0 Å². The Labute approximate surface area is 210 Å². The molecule has 0 radical (unpaired) electrons. The van der Waals surface area contributed by atoms with Crippen LogP contribution in [0.25, 0.3) is 0 Å². The first kappa shape index (κ1) is 31.0. The molecule has 0 fully saturated rings. The van der Waals surface area contributed by atoms with E-state index in [2.05, 4.69) is 4.74 Å². The van der Waals surface area contributed by atoms with Crippen LogP contribution in [-0.2, 0) is 33.5 Å². The average Bonchev–Trinajstić information content (AvgIpc) is 2.34. The second-order valence-corrected chi connectivity index (χ2v) is 5.00. The predicted molar refractivity (Wildman–Crippen MR) is 87.5 cm³/mol. The molecule has 0 aromatic heterocycles. The van der Waals surface area contributed by atoms with E-state index < -0.39 is 72.7 Å². The quantitative estimate of drug-likeness (QED) is 0.131. The molecule has 148 valence electrons. The van der Waals surface area contributed by atoms with E-state index in [4.69, 9.17) is 25.5 Å². The van der Waals surface area contributed by atoms with Crippen molar-refractivity contribution in [3.63, 3.8) is 0 Å². The van der Waals surface area contributed by atoms with Gasteiger partial charge >= 0.3 is 111 Å². The molecular formula is C12H18Ca2O13.